The lowest BCUT2D eigenvalue weighted by molar-refractivity contribution is -0.124. The number of aromatic nitrogens is 3. The Kier molecular flexibility index (Phi) is 7.03. The van der Waals surface area contributed by atoms with Crippen LogP contribution in [-0.2, 0) is 17.8 Å². The predicted octanol–water partition coefficient (Wildman–Crippen LogP) is 2.32. The number of hydrogen-bond donors (Lipinski definition) is 2. The van der Waals surface area contributed by atoms with Gasteiger partial charge >= 0.3 is 0 Å². The molecule has 0 saturated carbocycles. The number of carbonyl (C=O) groups excluding carboxylic acids is 2. The molecule has 1 fully saturated rings. The van der Waals surface area contributed by atoms with Crippen molar-refractivity contribution in [2.45, 2.75) is 45.7 Å². The summed E-state index contributed by atoms with van der Waals surface area (Å²) >= 11 is 5.18. The van der Waals surface area contributed by atoms with Crippen LogP contribution in [0.3, 0.4) is 0 Å². The largest absolute Gasteiger partial charge is 0.493 e. The topological polar surface area (TPSA) is 92.2 Å². The maximum absolute atomic E-state index is 13.1. The minimum absolute atomic E-state index is 0.137. The van der Waals surface area contributed by atoms with Crippen molar-refractivity contribution in [2.24, 2.45) is 0 Å². The number of H-pyrrole nitrogens is 1. The number of benzene rings is 1. The minimum atomic E-state index is -0.468. The number of ether oxygens (including phenoxy) is 1. The third kappa shape index (κ3) is 4.67. The van der Waals surface area contributed by atoms with Gasteiger partial charge in [0.25, 0.3) is 5.91 Å². The van der Waals surface area contributed by atoms with E-state index in [0.29, 0.717) is 48.6 Å². The normalized spacial score (nSPS) is 16.1. The summed E-state index contributed by atoms with van der Waals surface area (Å²) in [6, 6.07) is 6.70. The van der Waals surface area contributed by atoms with Gasteiger partial charge in [-0.25, -0.2) is 0 Å². The van der Waals surface area contributed by atoms with Crippen molar-refractivity contribution in [2.75, 3.05) is 19.7 Å². The molecule has 1 atom stereocenters. The van der Waals surface area contributed by atoms with Crippen LogP contribution in [0.5, 0.6) is 5.75 Å². The van der Waals surface area contributed by atoms with E-state index in [1.807, 2.05) is 24.5 Å². The number of nitrogens with zero attached hydrogens (tertiary/aromatic N) is 3. The first-order valence-electron chi connectivity index (χ1n) is 10.0. The van der Waals surface area contributed by atoms with E-state index in [0.717, 1.165) is 18.8 Å². The Hall–Kier alpha value is -2.68. The number of rotatable bonds is 8. The van der Waals surface area contributed by atoms with Crippen molar-refractivity contribution >= 4 is 24.0 Å². The average Bonchev–Trinajstić information content (AvgIpc) is 3.35. The molecule has 0 bridgehead atoms. The van der Waals surface area contributed by atoms with E-state index in [9.17, 15) is 9.59 Å². The minimum Gasteiger partial charge on any atom is -0.493 e. The molecular formula is C20H27N5O3S. The summed E-state index contributed by atoms with van der Waals surface area (Å²) in [5.74, 6) is 1.05. The Morgan fingerprint density at radius 3 is 2.90 bits per heavy atom. The number of likely N-dealkylation sites (tertiary alicyclic amines) is 1. The van der Waals surface area contributed by atoms with E-state index in [2.05, 4.69) is 15.5 Å². The molecule has 0 radical (unpaired) electrons. The molecule has 8 nitrogen and oxygen atoms in total. The van der Waals surface area contributed by atoms with Crippen LogP contribution in [0.25, 0.3) is 0 Å². The molecule has 0 aliphatic carbocycles. The van der Waals surface area contributed by atoms with Crippen LogP contribution >= 0.6 is 12.2 Å². The summed E-state index contributed by atoms with van der Waals surface area (Å²) in [6.45, 7) is 6.08. The zero-order valence-corrected chi connectivity index (χ0v) is 17.6. The first-order chi connectivity index (χ1) is 14.1. The van der Waals surface area contributed by atoms with Gasteiger partial charge in [-0.1, -0.05) is 12.1 Å². The third-order valence-electron chi connectivity index (χ3n) is 5.04. The predicted molar refractivity (Wildman–Crippen MR) is 111 cm³/mol. The van der Waals surface area contributed by atoms with Crippen molar-refractivity contribution in [1.82, 2.24) is 25.0 Å². The molecule has 0 spiro atoms. The van der Waals surface area contributed by atoms with Crippen LogP contribution in [0, 0.1) is 4.77 Å². The standard InChI is InChI=1S/C20H27N5O3S/c1-3-24-17(22-23-20(24)29)11-12-21-18(26)15-9-7-13-25(15)19(27)14-8-5-6-10-16(14)28-4-2/h5-6,8,10,15H,3-4,7,9,11-13H2,1-2H3,(H,21,26)(H,23,29). The first kappa shape index (κ1) is 21.0. The molecular weight excluding hydrogens is 390 g/mol. The van der Waals surface area contributed by atoms with Gasteiger partial charge in [0.1, 0.15) is 17.6 Å². The summed E-state index contributed by atoms with van der Waals surface area (Å²) in [7, 11) is 0. The molecule has 2 amide bonds. The molecule has 2 aromatic rings. The average molecular weight is 418 g/mol. The van der Waals surface area contributed by atoms with Crippen LogP contribution in [0.15, 0.2) is 24.3 Å². The highest BCUT2D eigenvalue weighted by molar-refractivity contribution is 7.71. The van der Waals surface area contributed by atoms with Crippen LogP contribution in [0.1, 0.15) is 42.9 Å². The fourth-order valence-corrected chi connectivity index (χ4v) is 3.92. The molecule has 29 heavy (non-hydrogen) atoms. The Balaban J connectivity index is 1.63. The maximum Gasteiger partial charge on any atom is 0.258 e. The zero-order chi connectivity index (χ0) is 20.8. The highest BCUT2D eigenvalue weighted by Crippen LogP contribution is 2.25. The number of nitrogens with one attached hydrogen (secondary N) is 2. The number of aromatic amines is 1. The van der Waals surface area contributed by atoms with Crippen LogP contribution in [0.4, 0.5) is 0 Å². The molecule has 1 aliphatic rings. The second-order valence-electron chi connectivity index (χ2n) is 6.82. The molecule has 2 N–H and O–H groups in total. The fraction of sp³-hybridized carbons (Fsp3) is 0.500. The van der Waals surface area contributed by atoms with E-state index in [-0.39, 0.29) is 11.8 Å². The van der Waals surface area contributed by atoms with Crippen LogP contribution in [-0.4, -0.2) is 57.2 Å². The number of hydrogen-bond acceptors (Lipinski definition) is 5. The number of carbonyl (C=O) groups is 2. The van der Waals surface area contributed by atoms with Crippen molar-refractivity contribution in [3.05, 3.63) is 40.4 Å². The Labute approximate surface area is 175 Å². The lowest BCUT2D eigenvalue weighted by Gasteiger charge is -2.25. The quantitative estimate of drug-likeness (QED) is 0.643. The van der Waals surface area contributed by atoms with Gasteiger partial charge in [0, 0.05) is 26.1 Å². The lowest BCUT2D eigenvalue weighted by Crippen LogP contribution is -2.46. The maximum atomic E-state index is 13.1. The summed E-state index contributed by atoms with van der Waals surface area (Å²) in [5.41, 5.74) is 0.493. The van der Waals surface area contributed by atoms with Crippen molar-refractivity contribution in [3.8, 4) is 5.75 Å². The molecule has 1 aromatic heterocycles. The van der Waals surface area contributed by atoms with E-state index in [1.165, 1.54) is 0 Å². The van der Waals surface area contributed by atoms with Gasteiger partial charge < -0.3 is 19.5 Å². The van der Waals surface area contributed by atoms with Gasteiger partial charge in [-0.3, -0.25) is 14.7 Å². The summed E-state index contributed by atoms with van der Waals surface area (Å²) in [5, 5.41) is 9.93. The van der Waals surface area contributed by atoms with Crippen LogP contribution < -0.4 is 10.1 Å². The van der Waals surface area contributed by atoms with Crippen molar-refractivity contribution in [1.29, 1.82) is 0 Å². The molecule has 1 aliphatic heterocycles. The Morgan fingerprint density at radius 1 is 1.34 bits per heavy atom. The Bertz CT molecular complexity index is 923. The summed E-state index contributed by atoms with van der Waals surface area (Å²) < 4.78 is 8.06. The van der Waals surface area contributed by atoms with Crippen molar-refractivity contribution in [3.63, 3.8) is 0 Å². The van der Waals surface area contributed by atoms with Gasteiger partial charge in [0.05, 0.1) is 12.2 Å². The fourth-order valence-electron chi connectivity index (χ4n) is 3.64. The summed E-state index contributed by atoms with van der Waals surface area (Å²) in [4.78, 5) is 27.5. The smallest absolute Gasteiger partial charge is 0.258 e. The van der Waals surface area contributed by atoms with Gasteiger partial charge in [0.2, 0.25) is 5.91 Å². The molecule has 2 heterocycles. The SMILES string of the molecule is CCOc1ccccc1C(=O)N1CCCC1C(=O)NCCc1n[nH]c(=S)n1CC. The number of amides is 2. The van der Waals surface area contributed by atoms with E-state index in [1.54, 1.807) is 23.1 Å². The molecule has 9 heteroatoms. The Morgan fingerprint density at radius 2 is 2.14 bits per heavy atom. The van der Waals surface area contributed by atoms with Gasteiger partial charge in [-0.15, -0.1) is 0 Å². The summed E-state index contributed by atoms with van der Waals surface area (Å²) in [6.07, 6.45) is 2.03. The molecule has 156 valence electrons. The van der Waals surface area contributed by atoms with Crippen LogP contribution in [0.2, 0.25) is 0 Å². The second-order valence-corrected chi connectivity index (χ2v) is 7.20. The second kappa shape index (κ2) is 9.69. The van der Waals surface area contributed by atoms with Gasteiger partial charge in [0.15, 0.2) is 4.77 Å². The molecule has 1 unspecified atom stereocenters. The van der Waals surface area contributed by atoms with Gasteiger partial charge in [-0.2, -0.15) is 5.10 Å². The lowest BCUT2D eigenvalue weighted by atomic mass is 10.1. The van der Waals surface area contributed by atoms with Crippen molar-refractivity contribution < 1.29 is 14.3 Å². The number of para-hydroxylation sites is 1. The third-order valence-corrected chi connectivity index (χ3v) is 5.35. The van der Waals surface area contributed by atoms with E-state index in [4.69, 9.17) is 17.0 Å². The molecule has 3 rings (SSSR count). The molecule has 1 saturated heterocycles. The van der Waals surface area contributed by atoms with Gasteiger partial charge in [-0.05, 0) is 51.0 Å². The zero-order valence-electron chi connectivity index (χ0n) is 16.8. The van der Waals surface area contributed by atoms with E-state index < -0.39 is 6.04 Å². The highest BCUT2D eigenvalue weighted by Gasteiger charge is 2.35. The monoisotopic (exact) mass is 417 g/mol. The highest BCUT2D eigenvalue weighted by atomic mass is 32.1. The van der Waals surface area contributed by atoms with E-state index >= 15 is 0 Å². The first-order valence-corrected chi connectivity index (χ1v) is 10.4. The molecule has 1 aromatic carbocycles.